The molecule has 0 amide bonds. The topological polar surface area (TPSA) is 32.8 Å². The molecule has 0 aliphatic carbocycles. The van der Waals surface area contributed by atoms with E-state index in [0.717, 1.165) is 66.6 Å². The van der Waals surface area contributed by atoms with Gasteiger partial charge in [0.25, 0.3) is 0 Å². The summed E-state index contributed by atoms with van der Waals surface area (Å²) < 4.78 is 13.7. The second kappa shape index (κ2) is 10.2. The Morgan fingerprint density at radius 2 is 0.769 bits per heavy atom. The number of fused-ring (bicyclic) bond motifs is 12. The van der Waals surface area contributed by atoms with E-state index in [2.05, 4.69) is 183 Å². The highest BCUT2D eigenvalue weighted by Crippen LogP contribution is 2.58. The molecule has 0 radical (unpaired) electrons. The van der Waals surface area contributed by atoms with Gasteiger partial charge in [0.05, 0.1) is 33.5 Å². The molecule has 250 valence electrons. The molecule has 7 aromatic carbocycles. The monoisotopic (exact) mass is 672 g/mol. The summed E-state index contributed by atoms with van der Waals surface area (Å²) in [6, 6.07) is 52.3. The van der Waals surface area contributed by atoms with Crippen molar-refractivity contribution in [2.45, 2.75) is 38.5 Å². The number of rotatable bonds is 2. The van der Waals surface area contributed by atoms with Crippen molar-refractivity contribution in [3.63, 3.8) is 0 Å². The lowest BCUT2D eigenvalue weighted by Crippen LogP contribution is -2.30. The van der Waals surface area contributed by atoms with Crippen LogP contribution in [0, 0.1) is 0 Å². The standard InChI is InChI=1S/C48H36N2O2/c1-47(2)33-19-11-13-21-37(33)49(29-15-7-5-8-16-29)45-35(47)23-25-39-43(45)31-27-42-32(28-41(31)51-39)44-40(52-42)26-24-36-46(44)50(30-17-9-6-10-18-30)38-22-14-12-20-34(38)48(36,3)4/h5-28H,1-4H3. The Morgan fingerprint density at radius 3 is 1.19 bits per heavy atom. The van der Waals surface area contributed by atoms with Gasteiger partial charge in [-0.15, -0.1) is 0 Å². The molecule has 0 atom stereocenters. The van der Waals surface area contributed by atoms with Gasteiger partial charge in [0.2, 0.25) is 0 Å². The normalized spacial score (nSPS) is 15.5. The molecular weight excluding hydrogens is 637 g/mol. The smallest absolute Gasteiger partial charge is 0.137 e. The number of furan rings is 2. The van der Waals surface area contributed by atoms with Gasteiger partial charge in [-0.1, -0.05) is 113 Å². The van der Waals surface area contributed by atoms with Gasteiger partial charge in [-0.05, 0) is 82.9 Å². The Labute approximate surface area is 302 Å². The fourth-order valence-corrected chi connectivity index (χ4v) is 9.28. The fraction of sp³-hybridized carbons (Fsp3) is 0.125. The second-order valence-electron chi connectivity index (χ2n) is 15.3. The van der Waals surface area contributed by atoms with Gasteiger partial charge in [-0.2, -0.15) is 0 Å². The van der Waals surface area contributed by atoms with Crippen molar-refractivity contribution in [3.05, 3.63) is 168 Å². The summed E-state index contributed by atoms with van der Waals surface area (Å²) in [6.07, 6.45) is 0. The summed E-state index contributed by atoms with van der Waals surface area (Å²) in [5.41, 5.74) is 15.1. The van der Waals surface area contributed by atoms with E-state index < -0.39 is 0 Å². The van der Waals surface area contributed by atoms with Crippen molar-refractivity contribution in [2.24, 2.45) is 0 Å². The van der Waals surface area contributed by atoms with Crippen LogP contribution in [0.4, 0.5) is 34.1 Å². The highest BCUT2D eigenvalue weighted by molar-refractivity contribution is 6.22. The Kier molecular flexibility index (Phi) is 5.76. The van der Waals surface area contributed by atoms with E-state index in [-0.39, 0.29) is 10.8 Å². The maximum atomic E-state index is 6.86. The van der Waals surface area contributed by atoms with Crippen molar-refractivity contribution in [2.75, 3.05) is 9.80 Å². The maximum Gasteiger partial charge on any atom is 0.137 e. The van der Waals surface area contributed by atoms with Crippen molar-refractivity contribution < 1.29 is 8.83 Å². The minimum Gasteiger partial charge on any atom is -0.456 e. The number of nitrogens with zero attached hydrogens (tertiary/aromatic N) is 2. The molecule has 11 rings (SSSR count). The minimum absolute atomic E-state index is 0.221. The van der Waals surface area contributed by atoms with Crippen molar-refractivity contribution in [1.82, 2.24) is 0 Å². The van der Waals surface area contributed by atoms with Crippen LogP contribution in [0.5, 0.6) is 0 Å². The second-order valence-corrected chi connectivity index (χ2v) is 15.3. The van der Waals surface area contributed by atoms with E-state index >= 15 is 0 Å². The molecule has 0 fully saturated rings. The van der Waals surface area contributed by atoms with Crippen molar-refractivity contribution in [3.8, 4) is 0 Å². The largest absolute Gasteiger partial charge is 0.456 e. The SMILES string of the molecule is CC1(C)c2ccccc2N(c2ccccc2)c2c1ccc1oc3cc4c(cc3c21)oc1ccc2c(c14)N(c1ccccc1)c1ccccc1C2(C)C. The highest BCUT2D eigenvalue weighted by atomic mass is 16.3. The zero-order chi connectivity index (χ0) is 34.9. The zero-order valence-corrected chi connectivity index (χ0v) is 29.6. The first-order chi connectivity index (χ1) is 25.3. The summed E-state index contributed by atoms with van der Waals surface area (Å²) in [6.45, 7) is 9.33. The van der Waals surface area contributed by atoms with Gasteiger partial charge in [0.1, 0.15) is 22.3 Å². The van der Waals surface area contributed by atoms with Gasteiger partial charge < -0.3 is 18.6 Å². The number of hydrogen-bond donors (Lipinski definition) is 0. The van der Waals surface area contributed by atoms with E-state index in [4.69, 9.17) is 8.83 Å². The average Bonchev–Trinajstić information content (AvgIpc) is 3.72. The first-order valence-corrected chi connectivity index (χ1v) is 18.1. The predicted octanol–water partition coefficient (Wildman–Crippen LogP) is 13.7. The molecule has 0 saturated heterocycles. The Balaban J connectivity index is 1.23. The third kappa shape index (κ3) is 3.76. The molecule has 0 spiro atoms. The van der Waals surface area contributed by atoms with E-state index in [1.165, 1.54) is 33.6 Å². The lowest BCUT2D eigenvalue weighted by atomic mass is 9.73. The summed E-state index contributed by atoms with van der Waals surface area (Å²) in [5, 5.41) is 4.30. The third-order valence-electron chi connectivity index (χ3n) is 11.8. The van der Waals surface area contributed by atoms with Crippen LogP contribution in [-0.4, -0.2) is 0 Å². The predicted molar refractivity (Wildman–Crippen MR) is 215 cm³/mol. The summed E-state index contributed by atoms with van der Waals surface area (Å²) >= 11 is 0. The zero-order valence-electron chi connectivity index (χ0n) is 29.6. The molecule has 9 aromatic rings. The average molecular weight is 673 g/mol. The van der Waals surface area contributed by atoms with Crippen molar-refractivity contribution in [1.29, 1.82) is 0 Å². The van der Waals surface area contributed by atoms with Crippen LogP contribution in [-0.2, 0) is 10.8 Å². The molecule has 0 N–H and O–H groups in total. The van der Waals surface area contributed by atoms with E-state index in [9.17, 15) is 0 Å². The molecule has 4 nitrogen and oxygen atoms in total. The Hall–Kier alpha value is -6.26. The molecule has 0 bridgehead atoms. The molecule has 2 aliphatic rings. The van der Waals surface area contributed by atoms with Crippen LogP contribution in [0.2, 0.25) is 0 Å². The first-order valence-electron chi connectivity index (χ1n) is 18.1. The molecule has 2 aromatic heterocycles. The number of anilines is 6. The van der Waals surface area contributed by atoms with Crippen LogP contribution >= 0.6 is 0 Å². The molecule has 0 saturated carbocycles. The maximum absolute atomic E-state index is 6.86. The lowest BCUT2D eigenvalue weighted by molar-refractivity contribution is 0.630. The summed E-state index contributed by atoms with van der Waals surface area (Å²) in [4.78, 5) is 4.84. The van der Waals surface area contributed by atoms with Gasteiger partial charge in [0.15, 0.2) is 0 Å². The molecule has 2 aliphatic heterocycles. The van der Waals surface area contributed by atoms with Gasteiger partial charge in [-0.25, -0.2) is 0 Å². The van der Waals surface area contributed by atoms with Gasteiger partial charge in [-0.3, -0.25) is 0 Å². The Morgan fingerprint density at radius 1 is 0.385 bits per heavy atom. The van der Waals surface area contributed by atoms with E-state index in [1.807, 2.05) is 0 Å². The highest BCUT2D eigenvalue weighted by Gasteiger charge is 2.40. The minimum atomic E-state index is -0.221. The van der Waals surface area contributed by atoms with Gasteiger partial charge >= 0.3 is 0 Å². The fourth-order valence-electron chi connectivity index (χ4n) is 9.28. The quantitative estimate of drug-likeness (QED) is 0.183. The molecular formula is C48H36N2O2. The number of para-hydroxylation sites is 4. The van der Waals surface area contributed by atoms with Crippen LogP contribution in [0.1, 0.15) is 49.9 Å². The van der Waals surface area contributed by atoms with Crippen LogP contribution in [0.15, 0.2) is 154 Å². The number of benzene rings is 7. The summed E-state index contributed by atoms with van der Waals surface area (Å²) in [7, 11) is 0. The number of hydrogen-bond acceptors (Lipinski definition) is 4. The molecule has 0 unspecified atom stereocenters. The molecule has 4 heteroatoms. The Bertz CT molecular complexity index is 2710. The van der Waals surface area contributed by atoms with Crippen molar-refractivity contribution >= 4 is 78.0 Å². The van der Waals surface area contributed by atoms with Crippen LogP contribution < -0.4 is 9.80 Å². The first kappa shape index (κ1) is 29.5. The molecule has 4 heterocycles. The molecule has 52 heavy (non-hydrogen) atoms. The van der Waals surface area contributed by atoms with Crippen LogP contribution in [0.3, 0.4) is 0 Å². The third-order valence-corrected chi connectivity index (χ3v) is 11.8. The van der Waals surface area contributed by atoms with E-state index in [0.29, 0.717) is 0 Å². The summed E-state index contributed by atoms with van der Waals surface area (Å²) in [5.74, 6) is 0. The van der Waals surface area contributed by atoms with Gasteiger partial charge in [0, 0.05) is 33.0 Å². The van der Waals surface area contributed by atoms with E-state index in [1.54, 1.807) is 0 Å². The van der Waals surface area contributed by atoms with Crippen LogP contribution in [0.25, 0.3) is 43.9 Å². The lowest BCUT2D eigenvalue weighted by Gasteiger charge is -2.42.